The summed E-state index contributed by atoms with van der Waals surface area (Å²) in [6.45, 7) is 4.85. The molecule has 1 amide bonds. The Kier molecular flexibility index (Phi) is 5.31. The third kappa shape index (κ3) is 4.30. The van der Waals surface area contributed by atoms with Crippen LogP contribution in [-0.2, 0) is 11.3 Å². The maximum absolute atomic E-state index is 12.3. The van der Waals surface area contributed by atoms with Crippen molar-refractivity contribution in [3.8, 4) is 0 Å². The lowest BCUT2D eigenvalue weighted by molar-refractivity contribution is -0.131. The molecule has 0 unspecified atom stereocenters. The van der Waals surface area contributed by atoms with Gasteiger partial charge in [0.1, 0.15) is 0 Å². The highest BCUT2D eigenvalue weighted by atomic mass is 32.1. The summed E-state index contributed by atoms with van der Waals surface area (Å²) in [7, 11) is 0. The topological polar surface area (TPSA) is 23.6 Å². The van der Waals surface area contributed by atoms with Gasteiger partial charge in [-0.25, -0.2) is 0 Å². The van der Waals surface area contributed by atoms with Gasteiger partial charge in [0.15, 0.2) is 0 Å². The number of carbonyl (C=O) groups excluding carboxylic acids is 1. The monoisotopic (exact) mass is 306 g/mol. The van der Waals surface area contributed by atoms with Crippen LogP contribution in [0.3, 0.4) is 0 Å². The lowest BCUT2D eigenvalue weighted by atomic mass is 9.89. The summed E-state index contributed by atoms with van der Waals surface area (Å²) in [5, 5.41) is 4.35. The molecule has 2 heterocycles. The van der Waals surface area contributed by atoms with Crippen molar-refractivity contribution in [2.75, 3.05) is 26.2 Å². The van der Waals surface area contributed by atoms with Gasteiger partial charge in [-0.2, -0.15) is 11.3 Å². The Bertz CT molecular complexity index is 440. The zero-order valence-corrected chi connectivity index (χ0v) is 13.6. The molecule has 0 spiro atoms. The van der Waals surface area contributed by atoms with E-state index in [2.05, 4.69) is 26.6 Å². The van der Waals surface area contributed by atoms with E-state index in [1.54, 1.807) is 11.3 Å². The zero-order valence-electron chi connectivity index (χ0n) is 12.8. The SMILES string of the molecule is O=C1CCN(Cc2ccsc2)CCN1CC1CCCCC1. The molecule has 3 rings (SSSR count). The normalized spacial score (nSPS) is 22.5. The van der Waals surface area contributed by atoms with Gasteiger partial charge in [0, 0.05) is 39.1 Å². The standard InChI is InChI=1S/C17H26N2OS/c20-17-6-8-18(12-16-7-11-21-14-16)9-10-19(17)13-15-4-2-1-3-5-15/h7,11,14-15H,1-6,8-10,12-13H2. The number of hydrogen-bond donors (Lipinski definition) is 0. The van der Waals surface area contributed by atoms with E-state index >= 15 is 0 Å². The second-order valence-electron chi connectivity index (χ2n) is 6.50. The molecule has 0 radical (unpaired) electrons. The van der Waals surface area contributed by atoms with E-state index in [0.29, 0.717) is 12.3 Å². The second-order valence-corrected chi connectivity index (χ2v) is 7.28. The Morgan fingerprint density at radius 2 is 2.00 bits per heavy atom. The van der Waals surface area contributed by atoms with E-state index < -0.39 is 0 Å². The first-order valence-electron chi connectivity index (χ1n) is 8.32. The molecule has 0 atom stereocenters. The maximum Gasteiger partial charge on any atom is 0.223 e. The highest BCUT2D eigenvalue weighted by molar-refractivity contribution is 7.07. The zero-order chi connectivity index (χ0) is 14.5. The predicted octanol–water partition coefficient (Wildman–Crippen LogP) is 3.36. The fourth-order valence-electron chi connectivity index (χ4n) is 3.58. The van der Waals surface area contributed by atoms with Gasteiger partial charge in [0.25, 0.3) is 0 Å². The molecule has 2 aliphatic rings. The van der Waals surface area contributed by atoms with Crippen molar-refractivity contribution in [3.05, 3.63) is 22.4 Å². The molecule has 0 bridgehead atoms. The molecule has 1 aromatic rings. The van der Waals surface area contributed by atoms with Gasteiger partial charge in [0.05, 0.1) is 0 Å². The van der Waals surface area contributed by atoms with Crippen LogP contribution >= 0.6 is 11.3 Å². The van der Waals surface area contributed by atoms with Crippen LogP contribution in [0, 0.1) is 5.92 Å². The highest BCUT2D eigenvalue weighted by Gasteiger charge is 2.24. The van der Waals surface area contributed by atoms with E-state index in [9.17, 15) is 4.79 Å². The van der Waals surface area contributed by atoms with Crippen LogP contribution in [0.1, 0.15) is 44.1 Å². The smallest absolute Gasteiger partial charge is 0.223 e. The number of thiophene rings is 1. The van der Waals surface area contributed by atoms with Gasteiger partial charge < -0.3 is 4.90 Å². The van der Waals surface area contributed by atoms with Crippen molar-refractivity contribution in [2.24, 2.45) is 5.92 Å². The van der Waals surface area contributed by atoms with Gasteiger partial charge in [-0.1, -0.05) is 19.3 Å². The van der Waals surface area contributed by atoms with E-state index in [-0.39, 0.29) is 0 Å². The van der Waals surface area contributed by atoms with Crippen molar-refractivity contribution in [2.45, 2.75) is 45.1 Å². The van der Waals surface area contributed by atoms with Crippen LogP contribution in [0.5, 0.6) is 0 Å². The Labute approximate surface area is 131 Å². The Morgan fingerprint density at radius 1 is 1.14 bits per heavy atom. The van der Waals surface area contributed by atoms with Crippen LogP contribution in [0.25, 0.3) is 0 Å². The summed E-state index contributed by atoms with van der Waals surface area (Å²) in [5.74, 6) is 1.12. The number of amides is 1. The van der Waals surface area contributed by atoms with Gasteiger partial charge >= 0.3 is 0 Å². The van der Waals surface area contributed by atoms with Gasteiger partial charge in [0.2, 0.25) is 5.91 Å². The third-order valence-electron chi connectivity index (χ3n) is 4.87. The molecule has 1 aromatic heterocycles. The second kappa shape index (κ2) is 7.41. The minimum absolute atomic E-state index is 0.369. The minimum Gasteiger partial charge on any atom is -0.341 e. The van der Waals surface area contributed by atoms with Crippen molar-refractivity contribution < 1.29 is 4.79 Å². The summed E-state index contributed by atoms with van der Waals surface area (Å²) in [6, 6.07) is 2.19. The van der Waals surface area contributed by atoms with Crippen LogP contribution in [0.4, 0.5) is 0 Å². The Morgan fingerprint density at radius 3 is 2.76 bits per heavy atom. The summed E-state index contributed by atoms with van der Waals surface area (Å²) in [5.41, 5.74) is 1.38. The van der Waals surface area contributed by atoms with Crippen LogP contribution < -0.4 is 0 Å². The first kappa shape index (κ1) is 15.0. The Balaban J connectivity index is 1.51. The molecule has 3 nitrogen and oxygen atoms in total. The molecule has 1 aliphatic heterocycles. The molecule has 2 fully saturated rings. The van der Waals surface area contributed by atoms with E-state index in [0.717, 1.165) is 38.6 Å². The van der Waals surface area contributed by atoms with Crippen molar-refractivity contribution in [1.29, 1.82) is 0 Å². The average Bonchev–Trinajstić information content (AvgIpc) is 2.96. The molecular weight excluding hydrogens is 280 g/mol. The third-order valence-corrected chi connectivity index (χ3v) is 5.60. The van der Waals surface area contributed by atoms with Crippen molar-refractivity contribution >= 4 is 17.2 Å². The van der Waals surface area contributed by atoms with E-state index in [1.165, 1.54) is 37.7 Å². The van der Waals surface area contributed by atoms with Crippen LogP contribution in [-0.4, -0.2) is 41.9 Å². The summed E-state index contributed by atoms with van der Waals surface area (Å²) >= 11 is 1.75. The molecule has 1 saturated heterocycles. The summed E-state index contributed by atoms with van der Waals surface area (Å²) in [4.78, 5) is 16.9. The summed E-state index contributed by atoms with van der Waals surface area (Å²) < 4.78 is 0. The number of carbonyl (C=O) groups is 1. The predicted molar refractivity (Wildman–Crippen MR) is 87.4 cm³/mol. The molecular formula is C17H26N2OS. The van der Waals surface area contributed by atoms with E-state index in [4.69, 9.17) is 0 Å². The lowest BCUT2D eigenvalue weighted by Gasteiger charge is -2.29. The molecule has 4 heteroatoms. The molecule has 21 heavy (non-hydrogen) atoms. The first-order valence-corrected chi connectivity index (χ1v) is 9.27. The Hall–Kier alpha value is -0.870. The van der Waals surface area contributed by atoms with Crippen molar-refractivity contribution in [3.63, 3.8) is 0 Å². The van der Waals surface area contributed by atoms with Gasteiger partial charge in [-0.3, -0.25) is 9.69 Å². The molecule has 116 valence electrons. The van der Waals surface area contributed by atoms with E-state index in [1.807, 2.05) is 0 Å². The van der Waals surface area contributed by atoms with Gasteiger partial charge in [-0.15, -0.1) is 0 Å². The molecule has 1 saturated carbocycles. The minimum atomic E-state index is 0.369. The fraction of sp³-hybridized carbons (Fsp3) is 0.706. The first-order chi connectivity index (χ1) is 10.3. The fourth-order valence-corrected chi connectivity index (χ4v) is 4.24. The van der Waals surface area contributed by atoms with Crippen molar-refractivity contribution in [1.82, 2.24) is 9.80 Å². The van der Waals surface area contributed by atoms with Gasteiger partial charge in [-0.05, 0) is 41.1 Å². The number of hydrogen-bond acceptors (Lipinski definition) is 3. The molecule has 0 N–H and O–H groups in total. The van der Waals surface area contributed by atoms with Crippen LogP contribution in [0.2, 0.25) is 0 Å². The number of nitrogens with zero attached hydrogens (tertiary/aromatic N) is 2. The number of rotatable bonds is 4. The van der Waals surface area contributed by atoms with Crippen LogP contribution in [0.15, 0.2) is 16.8 Å². The lowest BCUT2D eigenvalue weighted by Crippen LogP contribution is -2.37. The maximum atomic E-state index is 12.3. The molecule has 1 aliphatic carbocycles. The molecule has 0 aromatic carbocycles. The highest BCUT2D eigenvalue weighted by Crippen LogP contribution is 2.25. The quantitative estimate of drug-likeness (QED) is 0.851. The largest absolute Gasteiger partial charge is 0.341 e. The summed E-state index contributed by atoms with van der Waals surface area (Å²) in [6.07, 6.45) is 7.44. The average molecular weight is 306 g/mol.